The summed E-state index contributed by atoms with van der Waals surface area (Å²) in [4.78, 5) is 10.9. The Bertz CT molecular complexity index is 2390. The van der Waals surface area contributed by atoms with E-state index in [-0.39, 0.29) is 0 Å². The van der Waals surface area contributed by atoms with Crippen LogP contribution in [0, 0.1) is 13.8 Å². The van der Waals surface area contributed by atoms with Gasteiger partial charge in [-0.2, -0.15) is 0 Å². The van der Waals surface area contributed by atoms with Crippen molar-refractivity contribution in [2.75, 3.05) is 0 Å². The highest BCUT2D eigenvalue weighted by Crippen LogP contribution is 2.46. The predicted molar refractivity (Wildman–Crippen MR) is 195 cm³/mol. The Labute approximate surface area is 269 Å². The second-order valence-electron chi connectivity index (χ2n) is 11.9. The molecule has 0 spiro atoms. The first-order valence-corrected chi connectivity index (χ1v) is 15.8. The summed E-state index contributed by atoms with van der Waals surface area (Å²) in [5, 5.41) is 4.51. The normalized spacial score (nSPS) is 11.8. The van der Waals surface area contributed by atoms with E-state index in [0.29, 0.717) is 0 Å². The molecule has 0 aliphatic carbocycles. The van der Waals surface area contributed by atoms with Gasteiger partial charge in [0.2, 0.25) is 0 Å². The lowest BCUT2D eigenvalue weighted by Crippen LogP contribution is -2.08. The number of aromatic nitrogens is 1. The summed E-state index contributed by atoms with van der Waals surface area (Å²) >= 11 is 0. The topological polar surface area (TPSA) is 25.2 Å². The van der Waals surface area contributed by atoms with Crippen LogP contribution in [-0.2, 0) is 0 Å². The quantitative estimate of drug-likeness (QED) is 0.112. The summed E-state index contributed by atoms with van der Waals surface area (Å²) in [5.74, 6) is 0. The van der Waals surface area contributed by atoms with Crippen LogP contribution in [0.25, 0.3) is 54.8 Å². The molecule has 0 radical (unpaired) electrons. The van der Waals surface area contributed by atoms with Gasteiger partial charge in [0.15, 0.2) is 0 Å². The third-order valence-electron chi connectivity index (χ3n) is 8.81. The van der Waals surface area contributed by atoms with Crippen molar-refractivity contribution in [2.24, 2.45) is 4.99 Å². The zero-order valence-corrected chi connectivity index (χ0v) is 25.9. The van der Waals surface area contributed by atoms with Gasteiger partial charge in [0.05, 0.1) is 22.4 Å². The SMILES string of the molecule is Cc1ccc(-c2c(C(=Nc3ccccc3)c3ccccc3)c3ccccc3c3nc4ccccc4c(-c4ccc(C)cc4)c23)cc1. The molecule has 0 aliphatic heterocycles. The standard InChI is InChI=1S/C44H32N2/c1-29-21-25-31(26-22-29)39-37-19-11-12-20-38(37)46-44-36-18-10-9-17-35(36)41(40(42(39)44)32-27-23-30(2)24-28-32)43(33-13-5-3-6-14-33)45-34-15-7-4-8-16-34/h3-28H,1-2H3. The number of fused-ring (bicyclic) bond motifs is 4. The Morgan fingerprint density at radius 3 is 1.65 bits per heavy atom. The second-order valence-corrected chi connectivity index (χ2v) is 11.9. The first-order chi connectivity index (χ1) is 22.7. The lowest BCUT2D eigenvalue weighted by atomic mass is 9.82. The second kappa shape index (κ2) is 11.6. The first kappa shape index (κ1) is 27.7. The van der Waals surface area contributed by atoms with Crippen LogP contribution >= 0.6 is 0 Å². The molecule has 2 nitrogen and oxygen atoms in total. The van der Waals surface area contributed by atoms with E-state index in [0.717, 1.165) is 66.2 Å². The van der Waals surface area contributed by atoms with Crippen molar-refractivity contribution in [1.29, 1.82) is 0 Å². The van der Waals surface area contributed by atoms with E-state index in [1.807, 2.05) is 18.2 Å². The van der Waals surface area contributed by atoms with Gasteiger partial charge < -0.3 is 0 Å². The molecule has 8 aromatic rings. The van der Waals surface area contributed by atoms with Crippen LogP contribution in [0.15, 0.2) is 163 Å². The molecule has 0 atom stereocenters. The van der Waals surface area contributed by atoms with E-state index >= 15 is 0 Å². The molecule has 0 saturated carbocycles. The molecule has 2 heteroatoms. The highest BCUT2D eigenvalue weighted by molar-refractivity contribution is 6.32. The van der Waals surface area contributed by atoms with Gasteiger partial charge >= 0.3 is 0 Å². The Morgan fingerprint density at radius 1 is 0.478 bits per heavy atom. The van der Waals surface area contributed by atoms with E-state index in [9.17, 15) is 0 Å². The molecule has 46 heavy (non-hydrogen) atoms. The lowest BCUT2D eigenvalue weighted by Gasteiger charge is -2.23. The van der Waals surface area contributed by atoms with Crippen molar-refractivity contribution in [3.05, 3.63) is 180 Å². The Morgan fingerprint density at radius 2 is 1.00 bits per heavy atom. The average molecular weight is 589 g/mol. The average Bonchev–Trinajstić information content (AvgIpc) is 3.11. The maximum atomic E-state index is 5.43. The molecule has 1 aromatic heterocycles. The van der Waals surface area contributed by atoms with E-state index in [1.165, 1.54) is 22.3 Å². The molecule has 0 unspecified atom stereocenters. The Balaban J connectivity index is 1.66. The molecule has 8 rings (SSSR count). The number of aliphatic imine (C=N–C) groups is 1. The molecule has 0 N–H and O–H groups in total. The summed E-state index contributed by atoms with van der Waals surface area (Å²) in [5.41, 5.74) is 13.1. The fraction of sp³-hybridized carbons (Fsp3) is 0.0455. The Kier molecular flexibility index (Phi) is 6.96. The van der Waals surface area contributed by atoms with Crippen molar-refractivity contribution in [3.63, 3.8) is 0 Å². The van der Waals surface area contributed by atoms with Crippen LogP contribution in [0.3, 0.4) is 0 Å². The first-order valence-electron chi connectivity index (χ1n) is 15.8. The summed E-state index contributed by atoms with van der Waals surface area (Å²) in [6, 6.07) is 55.9. The van der Waals surface area contributed by atoms with Crippen molar-refractivity contribution in [3.8, 4) is 22.3 Å². The maximum absolute atomic E-state index is 5.43. The van der Waals surface area contributed by atoms with Gasteiger partial charge in [-0.15, -0.1) is 0 Å². The number of nitrogens with zero attached hydrogens (tertiary/aromatic N) is 2. The van der Waals surface area contributed by atoms with Crippen molar-refractivity contribution in [2.45, 2.75) is 13.8 Å². The minimum Gasteiger partial charge on any atom is -0.248 e. The number of benzene rings is 7. The molecule has 7 aromatic carbocycles. The van der Waals surface area contributed by atoms with E-state index in [1.54, 1.807) is 0 Å². The van der Waals surface area contributed by atoms with Crippen molar-refractivity contribution < 1.29 is 0 Å². The minimum atomic E-state index is 0.913. The van der Waals surface area contributed by atoms with E-state index in [4.69, 9.17) is 9.98 Å². The molecule has 218 valence electrons. The van der Waals surface area contributed by atoms with Crippen LogP contribution in [0.1, 0.15) is 22.3 Å². The van der Waals surface area contributed by atoms with Gasteiger partial charge in [0.1, 0.15) is 0 Å². The number of aryl methyl sites for hydroxylation is 2. The summed E-state index contributed by atoms with van der Waals surface area (Å²) in [6.45, 7) is 4.28. The molecular weight excluding hydrogens is 556 g/mol. The van der Waals surface area contributed by atoms with Gasteiger partial charge in [-0.25, -0.2) is 9.98 Å². The van der Waals surface area contributed by atoms with Crippen LogP contribution < -0.4 is 0 Å². The van der Waals surface area contributed by atoms with Crippen LogP contribution in [0.5, 0.6) is 0 Å². The van der Waals surface area contributed by atoms with Crippen molar-refractivity contribution in [1.82, 2.24) is 4.98 Å². The number of pyridine rings is 1. The largest absolute Gasteiger partial charge is 0.248 e. The zero-order valence-electron chi connectivity index (χ0n) is 25.9. The van der Waals surface area contributed by atoms with Crippen molar-refractivity contribution >= 4 is 44.0 Å². The number of para-hydroxylation sites is 2. The van der Waals surface area contributed by atoms with Crippen LogP contribution in [0.4, 0.5) is 5.69 Å². The summed E-state index contributed by atoms with van der Waals surface area (Å²) in [7, 11) is 0. The molecule has 0 fully saturated rings. The number of hydrogen-bond donors (Lipinski definition) is 0. The zero-order chi connectivity index (χ0) is 31.0. The molecular formula is C44H32N2. The monoisotopic (exact) mass is 588 g/mol. The summed E-state index contributed by atoms with van der Waals surface area (Å²) < 4.78 is 0. The predicted octanol–water partition coefficient (Wildman–Crippen LogP) is 11.7. The smallest absolute Gasteiger partial charge is 0.0801 e. The molecule has 0 aliphatic rings. The number of rotatable bonds is 5. The fourth-order valence-corrected chi connectivity index (χ4v) is 6.58. The van der Waals surface area contributed by atoms with Gasteiger partial charge in [-0.1, -0.05) is 151 Å². The third kappa shape index (κ3) is 4.85. The highest BCUT2D eigenvalue weighted by Gasteiger charge is 2.25. The van der Waals surface area contributed by atoms with Gasteiger partial charge in [-0.05, 0) is 48.6 Å². The van der Waals surface area contributed by atoms with Crippen LogP contribution in [0.2, 0.25) is 0 Å². The fourth-order valence-electron chi connectivity index (χ4n) is 6.58. The minimum absolute atomic E-state index is 0.913. The van der Waals surface area contributed by atoms with Gasteiger partial charge in [-0.3, -0.25) is 0 Å². The molecule has 1 heterocycles. The molecule has 0 saturated heterocycles. The maximum Gasteiger partial charge on any atom is 0.0801 e. The molecule has 0 bridgehead atoms. The van der Waals surface area contributed by atoms with Gasteiger partial charge in [0, 0.05) is 38.4 Å². The van der Waals surface area contributed by atoms with Gasteiger partial charge in [0.25, 0.3) is 0 Å². The highest BCUT2D eigenvalue weighted by atomic mass is 14.8. The molecule has 0 amide bonds. The summed E-state index contributed by atoms with van der Waals surface area (Å²) in [6.07, 6.45) is 0. The van der Waals surface area contributed by atoms with E-state index in [2.05, 4.69) is 153 Å². The lowest BCUT2D eigenvalue weighted by molar-refractivity contribution is 1.45. The Hall–Kier alpha value is -5.86. The third-order valence-corrected chi connectivity index (χ3v) is 8.81. The van der Waals surface area contributed by atoms with Crippen LogP contribution in [-0.4, -0.2) is 10.7 Å². The van der Waals surface area contributed by atoms with E-state index < -0.39 is 0 Å². The number of hydrogen-bond acceptors (Lipinski definition) is 2.